The fourth-order valence-corrected chi connectivity index (χ4v) is 2.57. The van der Waals surface area contributed by atoms with Crippen molar-refractivity contribution in [3.63, 3.8) is 0 Å². The molecule has 0 bridgehead atoms. The molecule has 5 heteroatoms. The van der Waals surface area contributed by atoms with Gasteiger partial charge in [0.25, 0.3) is 0 Å². The second kappa shape index (κ2) is 7.98. The van der Waals surface area contributed by atoms with Crippen LogP contribution in [0.15, 0.2) is 24.3 Å². The molecule has 2 amide bonds. The highest BCUT2D eigenvalue weighted by Gasteiger charge is 2.19. The minimum atomic E-state index is -0.229. The van der Waals surface area contributed by atoms with Gasteiger partial charge in [-0.25, -0.2) is 9.18 Å². The van der Waals surface area contributed by atoms with Crippen molar-refractivity contribution in [2.24, 2.45) is 0 Å². The van der Waals surface area contributed by atoms with E-state index in [9.17, 15) is 9.18 Å². The minimum Gasteiger partial charge on any atom is -0.338 e. The van der Waals surface area contributed by atoms with Crippen LogP contribution in [0.4, 0.5) is 9.18 Å². The summed E-state index contributed by atoms with van der Waals surface area (Å²) in [5.41, 5.74) is 1.03. The number of halogens is 1. The van der Waals surface area contributed by atoms with Crippen molar-refractivity contribution in [2.45, 2.75) is 19.8 Å². The summed E-state index contributed by atoms with van der Waals surface area (Å²) in [5, 5.41) is 2.94. The summed E-state index contributed by atoms with van der Waals surface area (Å²) in [7, 11) is 0. The first-order chi connectivity index (χ1) is 10.2. The quantitative estimate of drug-likeness (QED) is 0.902. The molecular formula is C16H24FN3O. The van der Waals surface area contributed by atoms with Crippen molar-refractivity contribution in [1.82, 2.24) is 15.1 Å². The summed E-state index contributed by atoms with van der Waals surface area (Å²) in [5.74, 6) is -0.229. The van der Waals surface area contributed by atoms with E-state index >= 15 is 0 Å². The molecule has 1 aromatic carbocycles. The molecule has 0 radical (unpaired) electrons. The highest BCUT2D eigenvalue weighted by atomic mass is 19.1. The van der Waals surface area contributed by atoms with Gasteiger partial charge in [0.2, 0.25) is 0 Å². The van der Waals surface area contributed by atoms with Gasteiger partial charge >= 0.3 is 6.03 Å². The predicted octanol–water partition coefficient (Wildman–Crippen LogP) is 2.11. The first-order valence-corrected chi connectivity index (χ1v) is 7.68. The zero-order valence-electron chi connectivity index (χ0n) is 12.6. The van der Waals surface area contributed by atoms with Gasteiger partial charge in [0.05, 0.1) is 0 Å². The lowest BCUT2D eigenvalue weighted by Crippen LogP contribution is -2.52. The van der Waals surface area contributed by atoms with Gasteiger partial charge in [0, 0.05) is 32.7 Å². The van der Waals surface area contributed by atoms with Gasteiger partial charge in [-0.15, -0.1) is 0 Å². The second-order valence-corrected chi connectivity index (χ2v) is 5.44. The lowest BCUT2D eigenvalue weighted by molar-refractivity contribution is 0.139. The van der Waals surface area contributed by atoms with Crippen molar-refractivity contribution in [1.29, 1.82) is 0 Å². The third-order valence-electron chi connectivity index (χ3n) is 3.80. The zero-order valence-corrected chi connectivity index (χ0v) is 12.6. The monoisotopic (exact) mass is 293 g/mol. The summed E-state index contributed by atoms with van der Waals surface area (Å²) < 4.78 is 12.8. The van der Waals surface area contributed by atoms with Gasteiger partial charge in [0.1, 0.15) is 5.82 Å². The van der Waals surface area contributed by atoms with E-state index in [0.717, 1.165) is 51.1 Å². The molecule has 1 fully saturated rings. The lowest BCUT2D eigenvalue weighted by Gasteiger charge is -2.34. The molecule has 0 aromatic heterocycles. The predicted molar refractivity (Wildman–Crippen MR) is 81.8 cm³/mol. The SMILES string of the molecule is CCCN1CCN(C(=O)NCCc2ccc(F)cc2)CC1. The minimum absolute atomic E-state index is 0.00765. The lowest BCUT2D eigenvalue weighted by atomic mass is 10.1. The molecule has 1 aromatic rings. The third-order valence-corrected chi connectivity index (χ3v) is 3.80. The number of benzene rings is 1. The molecule has 21 heavy (non-hydrogen) atoms. The van der Waals surface area contributed by atoms with Crippen LogP contribution >= 0.6 is 0 Å². The summed E-state index contributed by atoms with van der Waals surface area (Å²) in [4.78, 5) is 16.3. The standard InChI is InChI=1S/C16H24FN3O/c1-2-9-19-10-12-20(13-11-19)16(21)18-8-7-14-3-5-15(17)6-4-14/h3-6H,2,7-13H2,1H3,(H,18,21). The van der Waals surface area contributed by atoms with Crippen LogP contribution in [0.5, 0.6) is 0 Å². The molecule has 2 rings (SSSR count). The van der Waals surface area contributed by atoms with E-state index in [1.54, 1.807) is 12.1 Å². The Morgan fingerprint density at radius 1 is 1.19 bits per heavy atom. The van der Waals surface area contributed by atoms with Gasteiger partial charge in [-0.2, -0.15) is 0 Å². The number of nitrogens with one attached hydrogen (secondary N) is 1. The number of piperazine rings is 1. The van der Waals surface area contributed by atoms with Crippen molar-refractivity contribution in [3.8, 4) is 0 Å². The maximum absolute atomic E-state index is 12.8. The first-order valence-electron chi connectivity index (χ1n) is 7.68. The van der Waals surface area contributed by atoms with E-state index < -0.39 is 0 Å². The summed E-state index contributed by atoms with van der Waals surface area (Å²) in [6.45, 7) is 7.37. The summed E-state index contributed by atoms with van der Waals surface area (Å²) in [6, 6.07) is 6.41. The Morgan fingerprint density at radius 2 is 1.86 bits per heavy atom. The molecule has 1 heterocycles. The van der Waals surface area contributed by atoms with E-state index in [1.165, 1.54) is 12.1 Å². The van der Waals surface area contributed by atoms with Crippen molar-refractivity contribution >= 4 is 6.03 Å². The van der Waals surface area contributed by atoms with E-state index in [-0.39, 0.29) is 11.8 Å². The number of nitrogens with zero attached hydrogens (tertiary/aromatic N) is 2. The van der Waals surface area contributed by atoms with Gasteiger partial charge in [-0.05, 0) is 37.1 Å². The van der Waals surface area contributed by atoms with Crippen molar-refractivity contribution in [2.75, 3.05) is 39.3 Å². The Kier molecular flexibility index (Phi) is 5.99. The molecule has 0 atom stereocenters. The van der Waals surface area contributed by atoms with Crippen LogP contribution < -0.4 is 5.32 Å². The fraction of sp³-hybridized carbons (Fsp3) is 0.562. The topological polar surface area (TPSA) is 35.6 Å². The Bertz CT molecular complexity index is 441. The summed E-state index contributed by atoms with van der Waals surface area (Å²) in [6.07, 6.45) is 1.88. The molecule has 1 aliphatic rings. The number of rotatable bonds is 5. The third kappa shape index (κ3) is 5.01. The molecular weight excluding hydrogens is 269 g/mol. The van der Waals surface area contributed by atoms with Crippen molar-refractivity contribution < 1.29 is 9.18 Å². The van der Waals surface area contributed by atoms with Gasteiger partial charge in [-0.3, -0.25) is 4.90 Å². The fourth-order valence-electron chi connectivity index (χ4n) is 2.57. The number of carbonyl (C=O) groups is 1. The maximum atomic E-state index is 12.8. The molecule has 116 valence electrons. The Morgan fingerprint density at radius 3 is 2.48 bits per heavy atom. The van der Waals surface area contributed by atoms with E-state index in [1.807, 2.05) is 4.90 Å². The van der Waals surface area contributed by atoms with Crippen LogP contribution in [0.2, 0.25) is 0 Å². The van der Waals surface area contributed by atoms with E-state index in [4.69, 9.17) is 0 Å². The average Bonchev–Trinajstić information content (AvgIpc) is 2.50. The highest BCUT2D eigenvalue weighted by Crippen LogP contribution is 2.04. The average molecular weight is 293 g/mol. The van der Waals surface area contributed by atoms with Crippen LogP contribution in [-0.2, 0) is 6.42 Å². The van der Waals surface area contributed by atoms with Crippen molar-refractivity contribution in [3.05, 3.63) is 35.6 Å². The molecule has 0 spiro atoms. The smallest absolute Gasteiger partial charge is 0.317 e. The maximum Gasteiger partial charge on any atom is 0.317 e. The Balaban J connectivity index is 1.67. The molecule has 4 nitrogen and oxygen atoms in total. The Labute approximate surface area is 125 Å². The van der Waals surface area contributed by atoms with E-state index in [2.05, 4.69) is 17.1 Å². The number of carbonyl (C=O) groups excluding carboxylic acids is 1. The number of hydrogen-bond donors (Lipinski definition) is 1. The number of amides is 2. The molecule has 0 saturated carbocycles. The van der Waals surface area contributed by atoms with Crippen LogP contribution in [0, 0.1) is 5.82 Å². The molecule has 0 unspecified atom stereocenters. The molecule has 1 aliphatic heterocycles. The van der Waals surface area contributed by atoms with Gasteiger partial charge < -0.3 is 10.2 Å². The molecule has 1 saturated heterocycles. The van der Waals surface area contributed by atoms with Gasteiger partial charge in [0.15, 0.2) is 0 Å². The van der Waals surface area contributed by atoms with Crippen LogP contribution in [0.3, 0.4) is 0 Å². The number of urea groups is 1. The first kappa shape index (κ1) is 15.8. The van der Waals surface area contributed by atoms with Crippen LogP contribution in [0.1, 0.15) is 18.9 Å². The Hall–Kier alpha value is -1.62. The molecule has 0 aliphatic carbocycles. The largest absolute Gasteiger partial charge is 0.338 e. The summed E-state index contributed by atoms with van der Waals surface area (Å²) >= 11 is 0. The molecule has 1 N–H and O–H groups in total. The normalized spacial score (nSPS) is 16.0. The van der Waals surface area contributed by atoms with Gasteiger partial charge in [-0.1, -0.05) is 19.1 Å². The van der Waals surface area contributed by atoms with E-state index in [0.29, 0.717) is 6.54 Å². The zero-order chi connectivity index (χ0) is 15.1. The number of hydrogen-bond acceptors (Lipinski definition) is 2. The van der Waals surface area contributed by atoms with Crippen LogP contribution in [-0.4, -0.2) is 55.1 Å². The second-order valence-electron chi connectivity index (χ2n) is 5.44. The highest BCUT2D eigenvalue weighted by molar-refractivity contribution is 5.74. The van der Waals surface area contributed by atoms with Crippen LogP contribution in [0.25, 0.3) is 0 Å².